The highest BCUT2D eigenvalue weighted by Crippen LogP contribution is 2.32. The number of hydrogen-bond acceptors (Lipinski definition) is 2. The molecule has 3 N–H and O–H groups in total. The monoisotopic (exact) mass is 302 g/mol. The second-order valence-electron chi connectivity index (χ2n) is 4.93. The Morgan fingerprint density at radius 3 is 2.89 bits per heavy atom. The second-order valence-corrected chi connectivity index (χ2v) is 5.34. The molecule has 2 rings (SSSR count). The lowest BCUT2D eigenvalue weighted by atomic mass is 9.95. The van der Waals surface area contributed by atoms with E-state index in [9.17, 15) is 4.79 Å². The Hall–Kier alpha value is -0.770. The molecule has 1 fully saturated rings. The maximum Gasteiger partial charge on any atom is 0.227 e. The van der Waals surface area contributed by atoms with Crippen LogP contribution in [-0.4, -0.2) is 12.5 Å². The van der Waals surface area contributed by atoms with E-state index in [0.29, 0.717) is 17.5 Å². The third-order valence-electron chi connectivity index (χ3n) is 3.82. The van der Waals surface area contributed by atoms with Gasteiger partial charge >= 0.3 is 0 Å². The maximum absolute atomic E-state index is 12.2. The van der Waals surface area contributed by atoms with Crippen LogP contribution in [0.25, 0.3) is 0 Å². The fourth-order valence-electron chi connectivity index (χ4n) is 2.63. The summed E-state index contributed by atoms with van der Waals surface area (Å²) in [6.07, 6.45) is 3.09. The molecule has 1 aromatic carbocycles. The Balaban J connectivity index is 0.00000180. The molecule has 1 aliphatic rings. The molecule has 2 atom stereocenters. The van der Waals surface area contributed by atoms with Crippen LogP contribution in [0.4, 0.5) is 5.69 Å². The number of carbonyl (C=O) groups is 1. The van der Waals surface area contributed by atoms with Gasteiger partial charge in [0.05, 0.1) is 0 Å². The Labute approximate surface area is 125 Å². The summed E-state index contributed by atoms with van der Waals surface area (Å²) in [5.74, 6) is 0.450. The molecular weight excluding hydrogens is 283 g/mol. The van der Waals surface area contributed by atoms with Crippen molar-refractivity contribution in [3.05, 3.63) is 28.8 Å². The van der Waals surface area contributed by atoms with E-state index in [2.05, 4.69) is 5.32 Å². The molecule has 0 bridgehead atoms. The van der Waals surface area contributed by atoms with Gasteiger partial charge in [-0.1, -0.05) is 24.1 Å². The Kier molecular flexibility index (Phi) is 6.11. The SMILES string of the molecule is Cc1c(Cl)cccc1NC(=O)[C@@H]1CCC[C@@H]1CN.Cl. The number of rotatable bonds is 3. The van der Waals surface area contributed by atoms with E-state index in [1.165, 1.54) is 0 Å². The first kappa shape index (κ1) is 16.3. The number of hydrogen-bond donors (Lipinski definition) is 2. The Morgan fingerprint density at radius 1 is 1.47 bits per heavy atom. The zero-order valence-electron chi connectivity index (χ0n) is 11.0. The largest absolute Gasteiger partial charge is 0.330 e. The number of halogens is 2. The van der Waals surface area contributed by atoms with Crippen LogP contribution in [0.15, 0.2) is 18.2 Å². The van der Waals surface area contributed by atoms with Crippen molar-refractivity contribution in [3.8, 4) is 0 Å². The number of amides is 1. The van der Waals surface area contributed by atoms with E-state index in [-0.39, 0.29) is 24.2 Å². The predicted octanol–water partition coefficient (Wildman–Crippen LogP) is 3.38. The van der Waals surface area contributed by atoms with Crippen molar-refractivity contribution < 1.29 is 4.79 Å². The summed E-state index contributed by atoms with van der Waals surface area (Å²) in [7, 11) is 0. The van der Waals surface area contributed by atoms with E-state index in [1.54, 1.807) is 0 Å². The van der Waals surface area contributed by atoms with E-state index in [1.807, 2.05) is 25.1 Å². The molecule has 0 aromatic heterocycles. The highest BCUT2D eigenvalue weighted by molar-refractivity contribution is 6.31. The number of benzene rings is 1. The van der Waals surface area contributed by atoms with E-state index in [4.69, 9.17) is 17.3 Å². The predicted molar refractivity (Wildman–Crippen MR) is 82.0 cm³/mol. The van der Waals surface area contributed by atoms with Crippen LogP contribution < -0.4 is 11.1 Å². The van der Waals surface area contributed by atoms with Gasteiger partial charge in [-0.3, -0.25) is 4.79 Å². The smallest absolute Gasteiger partial charge is 0.227 e. The molecular formula is C14H20Cl2N2O. The molecule has 1 amide bonds. The minimum absolute atomic E-state index is 0. The first-order valence-corrected chi connectivity index (χ1v) is 6.77. The van der Waals surface area contributed by atoms with Gasteiger partial charge in [-0.25, -0.2) is 0 Å². The van der Waals surface area contributed by atoms with Crippen molar-refractivity contribution in [2.45, 2.75) is 26.2 Å². The summed E-state index contributed by atoms with van der Waals surface area (Å²) in [6.45, 7) is 2.50. The molecule has 0 heterocycles. The van der Waals surface area contributed by atoms with Crippen molar-refractivity contribution in [3.63, 3.8) is 0 Å². The highest BCUT2D eigenvalue weighted by atomic mass is 35.5. The van der Waals surface area contributed by atoms with Crippen molar-refractivity contribution in [2.75, 3.05) is 11.9 Å². The van der Waals surface area contributed by atoms with Gasteiger partial charge in [-0.05, 0) is 49.9 Å². The minimum Gasteiger partial charge on any atom is -0.330 e. The van der Waals surface area contributed by atoms with Gasteiger partial charge in [0, 0.05) is 16.6 Å². The van der Waals surface area contributed by atoms with Gasteiger partial charge in [-0.2, -0.15) is 0 Å². The zero-order chi connectivity index (χ0) is 13.1. The quantitative estimate of drug-likeness (QED) is 0.899. The van der Waals surface area contributed by atoms with E-state index >= 15 is 0 Å². The molecule has 1 saturated carbocycles. The molecule has 0 aliphatic heterocycles. The summed E-state index contributed by atoms with van der Waals surface area (Å²) in [4.78, 5) is 12.2. The summed E-state index contributed by atoms with van der Waals surface area (Å²) >= 11 is 6.04. The highest BCUT2D eigenvalue weighted by Gasteiger charge is 2.32. The van der Waals surface area contributed by atoms with Crippen molar-refractivity contribution in [2.24, 2.45) is 17.6 Å². The molecule has 1 aromatic rings. The summed E-state index contributed by atoms with van der Waals surface area (Å²) in [5, 5.41) is 3.65. The Bertz CT molecular complexity index is 451. The topological polar surface area (TPSA) is 55.1 Å². The number of carbonyl (C=O) groups excluding carboxylic acids is 1. The molecule has 0 radical (unpaired) electrons. The minimum atomic E-state index is 0. The lowest BCUT2D eigenvalue weighted by molar-refractivity contribution is -0.120. The number of nitrogens with two attached hydrogens (primary N) is 1. The molecule has 1 aliphatic carbocycles. The first-order chi connectivity index (χ1) is 8.63. The normalized spacial score (nSPS) is 21.8. The van der Waals surface area contributed by atoms with Crippen LogP contribution in [0.2, 0.25) is 5.02 Å². The van der Waals surface area contributed by atoms with Crippen LogP contribution in [0.3, 0.4) is 0 Å². The van der Waals surface area contributed by atoms with E-state index < -0.39 is 0 Å². The molecule has 0 saturated heterocycles. The standard InChI is InChI=1S/C14H19ClN2O.ClH/c1-9-12(15)6-3-7-13(9)17-14(18)11-5-2-4-10(11)8-16;/h3,6-7,10-11H,2,4-5,8,16H2,1H3,(H,17,18);1H/t10-,11-;/m1./s1. The van der Waals surface area contributed by atoms with Crippen LogP contribution >= 0.6 is 24.0 Å². The molecule has 106 valence electrons. The average molecular weight is 303 g/mol. The summed E-state index contributed by atoms with van der Waals surface area (Å²) < 4.78 is 0. The van der Waals surface area contributed by atoms with Crippen LogP contribution in [-0.2, 0) is 4.79 Å². The molecule has 0 spiro atoms. The van der Waals surface area contributed by atoms with Gasteiger partial charge in [0.2, 0.25) is 5.91 Å². The third kappa shape index (κ3) is 3.62. The maximum atomic E-state index is 12.2. The van der Waals surface area contributed by atoms with Gasteiger partial charge in [0.15, 0.2) is 0 Å². The summed E-state index contributed by atoms with van der Waals surface area (Å²) in [6, 6.07) is 5.55. The molecule has 19 heavy (non-hydrogen) atoms. The molecule has 3 nitrogen and oxygen atoms in total. The Morgan fingerprint density at radius 2 is 2.21 bits per heavy atom. The van der Waals surface area contributed by atoms with E-state index in [0.717, 1.165) is 30.5 Å². The number of anilines is 1. The van der Waals surface area contributed by atoms with Crippen molar-refractivity contribution >= 4 is 35.6 Å². The van der Waals surface area contributed by atoms with Crippen molar-refractivity contribution in [1.29, 1.82) is 0 Å². The van der Waals surface area contributed by atoms with Crippen LogP contribution in [0, 0.1) is 18.8 Å². The lowest BCUT2D eigenvalue weighted by Crippen LogP contribution is -2.29. The molecule has 0 unspecified atom stereocenters. The first-order valence-electron chi connectivity index (χ1n) is 6.39. The average Bonchev–Trinajstić information content (AvgIpc) is 2.83. The second kappa shape index (κ2) is 7.13. The van der Waals surface area contributed by atoms with Gasteiger partial charge < -0.3 is 11.1 Å². The third-order valence-corrected chi connectivity index (χ3v) is 4.23. The zero-order valence-corrected chi connectivity index (χ0v) is 12.6. The van der Waals surface area contributed by atoms with Gasteiger partial charge in [0.25, 0.3) is 0 Å². The van der Waals surface area contributed by atoms with Crippen molar-refractivity contribution in [1.82, 2.24) is 0 Å². The van der Waals surface area contributed by atoms with Gasteiger partial charge in [-0.15, -0.1) is 12.4 Å². The fourth-order valence-corrected chi connectivity index (χ4v) is 2.81. The van der Waals surface area contributed by atoms with Crippen LogP contribution in [0.5, 0.6) is 0 Å². The lowest BCUT2D eigenvalue weighted by Gasteiger charge is -2.18. The fraction of sp³-hybridized carbons (Fsp3) is 0.500. The van der Waals surface area contributed by atoms with Crippen LogP contribution in [0.1, 0.15) is 24.8 Å². The molecule has 5 heteroatoms. The summed E-state index contributed by atoms with van der Waals surface area (Å²) in [5.41, 5.74) is 7.42. The number of nitrogens with one attached hydrogen (secondary N) is 1. The van der Waals surface area contributed by atoms with Gasteiger partial charge in [0.1, 0.15) is 0 Å².